The molecule has 0 aliphatic carbocycles. The van der Waals surface area contributed by atoms with Crippen LogP contribution in [0.15, 0.2) is 22.9 Å². The molecule has 3 heterocycles. The number of halogens is 1. The Morgan fingerprint density at radius 3 is 2.80 bits per heavy atom. The van der Waals surface area contributed by atoms with Gasteiger partial charge in [-0.25, -0.2) is 0 Å². The van der Waals surface area contributed by atoms with Gasteiger partial charge < -0.3 is 4.74 Å². The van der Waals surface area contributed by atoms with Gasteiger partial charge in [0, 0.05) is 41.9 Å². The maximum absolute atomic E-state index is 5.25. The van der Waals surface area contributed by atoms with Gasteiger partial charge in [0.25, 0.3) is 0 Å². The van der Waals surface area contributed by atoms with Gasteiger partial charge >= 0.3 is 0 Å². The smallest absolute Gasteiger partial charge is 0.0569 e. The number of aromatic nitrogens is 1. The fraction of sp³-hybridized carbons (Fsp3) is 0.545. The molecule has 0 atom stereocenters. The molecule has 1 spiro atoms. The number of likely N-dealkylation sites (tertiary alicyclic amines) is 1. The van der Waals surface area contributed by atoms with E-state index >= 15 is 0 Å². The first-order chi connectivity index (χ1) is 7.26. The van der Waals surface area contributed by atoms with Crippen LogP contribution >= 0.6 is 15.9 Å². The van der Waals surface area contributed by atoms with Gasteiger partial charge in [0.15, 0.2) is 0 Å². The van der Waals surface area contributed by atoms with Crippen molar-refractivity contribution in [1.82, 2.24) is 9.88 Å². The van der Waals surface area contributed by atoms with Crippen LogP contribution in [0.5, 0.6) is 0 Å². The Morgan fingerprint density at radius 2 is 2.20 bits per heavy atom. The monoisotopic (exact) mass is 268 g/mol. The first kappa shape index (κ1) is 9.75. The van der Waals surface area contributed by atoms with Crippen LogP contribution in [0.25, 0.3) is 0 Å². The van der Waals surface area contributed by atoms with E-state index in [0.717, 1.165) is 24.2 Å². The zero-order chi connectivity index (χ0) is 10.3. The summed E-state index contributed by atoms with van der Waals surface area (Å²) in [7, 11) is 0. The first-order valence-corrected chi connectivity index (χ1v) is 5.95. The summed E-state index contributed by atoms with van der Waals surface area (Å²) >= 11 is 3.44. The summed E-state index contributed by atoms with van der Waals surface area (Å²) < 4.78 is 6.31. The summed E-state index contributed by atoms with van der Waals surface area (Å²) in [6.45, 7) is 5.29. The summed E-state index contributed by atoms with van der Waals surface area (Å²) in [6, 6.07) is 2.13. The molecule has 4 heteroatoms. The van der Waals surface area contributed by atoms with Gasteiger partial charge in [-0.05, 0) is 27.6 Å². The van der Waals surface area contributed by atoms with Crippen molar-refractivity contribution in [2.75, 3.05) is 26.3 Å². The minimum atomic E-state index is 0.513. The molecule has 3 rings (SSSR count). The van der Waals surface area contributed by atoms with Crippen LogP contribution in [-0.2, 0) is 11.3 Å². The molecule has 0 N–H and O–H groups in total. The standard InChI is InChI=1S/C11H13BrN2O/c12-10-1-9(2-13-3-10)4-14-5-11(6-14)7-15-8-11/h1-3H,4-8H2. The van der Waals surface area contributed by atoms with Gasteiger partial charge in [-0.1, -0.05) is 0 Å². The fourth-order valence-electron chi connectivity index (χ4n) is 2.39. The van der Waals surface area contributed by atoms with Crippen LogP contribution in [0.4, 0.5) is 0 Å². The van der Waals surface area contributed by atoms with Crippen molar-refractivity contribution < 1.29 is 4.74 Å². The van der Waals surface area contributed by atoms with E-state index in [9.17, 15) is 0 Å². The highest BCUT2D eigenvalue weighted by Gasteiger charge is 2.48. The number of nitrogens with zero attached hydrogens (tertiary/aromatic N) is 2. The molecular weight excluding hydrogens is 256 g/mol. The molecule has 0 radical (unpaired) electrons. The van der Waals surface area contributed by atoms with E-state index < -0.39 is 0 Å². The van der Waals surface area contributed by atoms with E-state index in [1.165, 1.54) is 18.7 Å². The molecule has 0 aromatic carbocycles. The van der Waals surface area contributed by atoms with Gasteiger partial charge in [-0.15, -0.1) is 0 Å². The van der Waals surface area contributed by atoms with Crippen molar-refractivity contribution in [2.45, 2.75) is 6.54 Å². The van der Waals surface area contributed by atoms with Crippen molar-refractivity contribution in [1.29, 1.82) is 0 Å². The molecule has 0 saturated carbocycles. The summed E-state index contributed by atoms with van der Waals surface area (Å²) in [4.78, 5) is 6.62. The van der Waals surface area contributed by atoms with Gasteiger partial charge in [0.1, 0.15) is 0 Å². The third-order valence-electron chi connectivity index (χ3n) is 3.10. The third-order valence-corrected chi connectivity index (χ3v) is 3.54. The fourth-order valence-corrected chi connectivity index (χ4v) is 2.80. The normalized spacial score (nSPS) is 23.5. The lowest BCUT2D eigenvalue weighted by molar-refractivity contribution is -0.191. The second-order valence-corrected chi connectivity index (χ2v) is 5.57. The zero-order valence-corrected chi connectivity index (χ0v) is 10.0. The Morgan fingerprint density at radius 1 is 1.40 bits per heavy atom. The van der Waals surface area contributed by atoms with Crippen molar-refractivity contribution in [3.63, 3.8) is 0 Å². The van der Waals surface area contributed by atoms with Gasteiger partial charge in [0.2, 0.25) is 0 Å². The predicted octanol–water partition coefficient (Wildman–Crippen LogP) is 1.68. The van der Waals surface area contributed by atoms with Crippen LogP contribution in [0, 0.1) is 5.41 Å². The first-order valence-electron chi connectivity index (χ1n) is 5.15. The molecule has 2 aliphatic rings. The highest BCUT2D eigenvalue weighted by molar-refractivity contribution is 9.10. The topological polar surface area (TPSA) is 25.4 Å². The van der Waals surface area contributed by atoms with Crippen LogP contribution in [0.1, 0.15) is 5.56 Å². The molecule has 3 nitrogen and oxygen atoms in total. The molecule has 1 aromatic heterocycles. The largest absolute Gasteiger partial charge is 0.380 e. The number of rotatable bonds is 2. The van der Waals surface area contributed by atoms with Crippen LogP contribution < -0.4 is 0 Å². The zero-order valence-electron chi connectivity index (χ0n) is 8.45. The quantitative estimate of drug-likeness (QED) is 0.816. The van der Waals surface area contributed by atoms with E-state index in [1.54, 1.807) is 0 Å². The number of ether oxygens (including phenoxy) is 1. The Kier molecular flexibility index (Phi) is 2.30. The van der Waals surface area contributed by atoms with Crippen molar-refractivity contribution >= 4 is 15.9 Å². The lowest BCUT2D eigenvalue weighted by Crippen LogP contribution is -2.65. The maximum Gasteiger partial charge on any atom is 0.0569 e. The molecule has 15 heavy (non-hydrogen) atoms. The number of pyridine rings is 1. The van der Waals surface area contributed by atoms with Gasteiger partial charge in [0.05, 0.1) is 13.2 Å². The molecule has 80 valence electrons. The molecule has 0 bridgehead atoms. The van der Waals surface area contributed by atoms with E-state index in [1.807, 2.05) is 12.4 Å². The van der Waals surface area contributed by atoms with Crippen molar-refractivity contribution in [3.8, 4) is 0 Å². The minimum Gasteiger partial charge on any atom is -0.380 e. The summed E-state index contributed by atoms with van der Waals surface area (Å²) in [5.74, 6) is 0. The number of hydrogen-bond donors (Lipinski definition) is 0. The Hall–Kier alpha value is -0.450. The highest BCUT2D eigenvalue weighted by atomic mass is 79.9. The maximum atomic E-state index is 5.25. The summed E-state index contributed by atoms with van der Waals surface area (Å²) in [5.41, 5.74) is 1.79. The summed E-state index contributed by atoms with van der Waals surface area (Å²) in [5, 5.41) is 0. The Balaban J connectivity index is 1.58. The van der Waals surface area contributed by atoms with Gasteiger partial charge in [-0.2, -0.15) is 0 Å². The highest BCUT2D eigenvalue weighted by Crippen LogP contribution is 2.38. The minimum absolute atomic E-state index is 0.513. The molecule has 2 aliphatic heterocycles. The van der Waals surface area contributed by atoms with Gasteiger partial charge in [-0.3, -0.25) is 9.88 Å². The molecule has 0 amide bonds. The Labute approximate surface area is 97.6 Å². The second kappa shape index (κ2) is 3.54. The van der Waals surface area contributed by atoms with E-state index in [2.05, 4.69) is 31.9 Å². The molecular formula is C11H13BrN2O. The molecule has 1 aromatic rings. The third kappa shape index (κ3) is 1.82. The molecule has 0 unspecified atom stereocenters. The average Bonchev–Trinajstić information content (AvgIpc) is 2.07. The van der Waals surface area contributed by atoms with Crippen molar-refractivity contribution in [3.05, 3.63) is 28.5 Å². The van der Waals surface area contributed by atoms with Crippen LogP contribution in [-0.4, -0.2) is 36.2 Å². The van der Waals surface area contributed by atoms with Crippen LogP contribution in [0.3, 0.4) is 0 Å². The second-order valence-electron chi connectivity index (χ2n) is 4.65. The predicted molar refractivity (Wildman–Crippen MR) is 60.5 cm³/mol. The SMILES string of the molecule is Brc1cncc(CN2CC3(COC3)C2)c1. The molecule has 2 fully saturated rings. The lowest BCUT2D eigenvalue weighted by Gasteiger charge is -2.55. The van der Waals surface area contributed by atoms with E-state index in [-0.39, 0.29) is 0 Å². The lowest BCUT2D eigenvalue weighted by atomic mass is 9.78. The average molecular weight is 269 g/mol. The molecule has 2 saturated heterocycles. The van der Waals surface area contributed by atoms with E-state index in [0.29, 0.717) is 5.41 Å². The van der Waals surface area contributed by atoms with Crippen molar-refractivity contribution in [2.24, 2.45) is 5.41 Å². The number of hydrogen-bond acceptors (Lipinski definition) is 3. The van der Waals surface area contributed by atoms with Crippen LogP contribution in [0.2, 0.25) is 0 Å². The summed E-state index contributed by atoms with van der Waals surface area (Å²) in [6.07, 6.45) is 3.76. The van der Waals surface area contributed by atoms with E-state index in [4.69, 9.17) is 4.74 Å². The Bertz CT molecular complexity index is 371.